The fourth-order valence-electron chi connectivity index (χ4n) is 5.32. The summed E-state index contributed by atoms with van der Waals surface area (Å²) >= 11 is 6.19. The first kappa shape index (κ1) is 20.8. The van der Waals surface area contributed by atoms with Gasteiger partial charge >= 0.3 is 0 Å². The smallest absolute Gasteiger partial charge is 0.254 e. The van der Waals surface area contributed by atoms with Crippen molar-refractivity contribution in [3.05, 3.63) is 117 Å². The van der Waals surface area contributed by atoms with E-state index in [0.29, 0.717) is 33.8 Å². The van der Waals surface area contributed by atoms with E-state index in [1.54, 1.807) is 0 Å². The molecule has 1 amide bonds. The molecule has 0 aliphatic carbocycles. The molecule has 0 bridgehead atoms. The molecule has 2 aliphatic heterocycles. The van der Waals surface area contributed by atoms with E-state index < -0.39 is 5.92 Å². The van der Waals surface area contributed by atoms with Gasteiger partial charge in [0.05, 0.1) is 11.1 Å². The van der Waals surface area contributed by atoms with Crippen LogP contribution < -0.4 is 15.6 Å². The zero-order chi connectivity index (χ0) is 23.4. The van der Waals surface area contributed by atoms with Crippen LogP contribution in [-0.4, -0.2) is 17.0 Å². The summed E-state index contributed by atoms with van der Waals surface area (Å²) in [6, 6.07) is 24.5. The molecule has 0 radical (unpaired) electrons. The number of hydrogen-bond acceptors (Lipinski definition) is 3. The highest BCUT2D eigenvalue weighted by Crippen LogP contribution is 2.46. The molecule has 34 heavy (non-hydrogen) atoms. The van der Waals surface area contributed by atoms with E-state index in [-0.39, 0.29) is 11.3 Å². The first-order valence-electron chi connectivity index (χ1n) is 11.3. The van der Waals surface area contributed by atoms with Crippen LogP contribution in [0.3, 0.4) is 0 Å². The van der Waals surface area contributed by atoms with Gasteiger partial charge in [-0.25, -0.2) is 0 Å². The molecule has 3 aromatic carbocycles. The topological polar surface area (TPSA) is 54.3 Å². The lowest BCUT2D eigenvalue weighted by molar-refractivity contribution is -0.113. The highest BCUT2D eigenvalue weighted by Gasteiger charge is 2.41. The number of rotatable bonds is 3. The molecular formula is C28H22ClN3O2. The SMILES string of the molecule is CC1=C(C(=O)Nc2ccccc2)C(c2ccc(Cl)cc2)c2c3n(c4ccccc4c2=O)CCN13. The van der Waals surface area contributed by atoms with Crippen molar-refractivity contribution in [2.75, 3.05) is 16.8 Å². The molecule has 0 saturated heterocycles. The molecule has 1 unspecified atom stereocenters. The van der Waals surface area contributed by atoms with Crippen molar-refractivity contribution in [1.29, 1.82) is 0 Å². The second-order valence-electron chi connectivity index (χ2n) is 8.69. The number of amides is 1. The minimum absolute atomic E-state index is 0.0359. The number of para-hydroxylation sites is 2. The number of halogens is 1. The van der Waals surface area contributed by atoms with E-state index in [1.165, 1.54) is 0 Å². The first-order chi connectivity index (χ1) is 16.5. The maximum atomic E-state index is 14.0. The van der Waals surface area contributed by atoms with Crippen molar-refractivity contribution < 1.29 is 4.79 Å². The Morgan fingerprint density at radius 2 is 1.65 bits per heavy atom. The average molecular weight is 468 g/mol. The van der Waals surface area contributed by atoms with E-state index in [9.17, 15) is 9.59 Å². The average Bonchev–Trinajstić information content (AvgIpc) is 3.30. The summed E-state index contributed by atoms with van der Waals surface area (Å²) < 4.78 is 2.21. The fraction of sp³-hybridized carbons (Fsp3) is 0.143. The molecule has 0 spiro atoms. The van der Waals surface area contributed by atoms with Gasteiger partial charge in [-0.1, -0.05) is 54.1 Å². The maximum absolute atomic E-state index is 14.0. The Morgan fingerprint density at radius 1 is 0.941 bits per heavy atom. The molecule has 168 valence electrons. The van der Waals surface area contributed by atoms with E-state index in [2.05, 4.69) is 14.8 Å². The second kappa shape index (κ2) is 7.89. The summed E-state index contributed by atoms with van der Waals surface area (Å²) in [7, 11) is 0. The molecule has 1 aromatic heterocycles. The zero-order valence-corrected chi connectivity index (χ0v) is 19.3. The third-order valence-corrected chi connectivity index (χ3v) is 7.09. The number of allylic oxidation sites excluding steroid dienone is 1. The number of aromatic nitrogens is 1. The predicted molar refractivity (Wildman–Crippen MR) is 137 cm³/mol. The number of nitrogens with one attached hydrogen (secondary N) is 1. The quantitative estimate of drug-likeness (QED) is 0.431. The van der Waals surface area contributed by atoms with E-state index >= 15 is 0 Å². The van der Waals surface area contributed by atoms with Gasteiger partial charge in [-0.2, -0.15) is 0 Å². The first-order valence-corrected chi connectivity index (χ1v) is 11.7. The molecule has 6 rings (SSSR count). The lowest BCUT2D eigenvalue weighted by Gasteiger charge is -2.35. The van der Waals surface area contributed by atoms with Gasteiger partial charge in [-0.05, 0) is 48.9 Å². The highest BCUT2D eigenvalue weighted by molar-refractivity contribution is 6.30. The minimum Gasteiger partial charge on any atom is -0.329 e. The summed E-state index contributed by atoms with van der Waals surface area (Å²) in [5, 5.41) is 4.32. The summed E-state index contributed by atoms with van der Waals surface area (Å²) in [6.45, 7) is 3.43. The van der Waals surface area contributed by atoms with Gasteiger partial charge in [0.2, 0.25) is 0 Å². The number of anilines is 2. The van der Waals surface area contributed by atoms with Crippen LogP contribution >= 0.6 is 11.6 Å². The molecule has 5 nitrogen and oxygen atoms in total. The Morgan fingerprint density at radius 3 is 2.41 bits per heavy atom. The van der Waals surface area contributed by atoms with Crippen molar-refractivity contribution in [2.45, 2.75) is 19.4 Å². The van der Waals surface area contributed by atoms with Crippen LogP contribution in [0, 0.1) is 0 Å². The largest absolute Gasteiger partial charge is 0.329 e. The summed E-state index contributed by atoms with van der Waals surface area (Å²) in [5.74, 6) is 0.173. The normalized spacial score (nSPS) is 16.6. The number of nitrogens with zero attached hydrogens (tertiary/aromatic N) is 2. The van der Waals surface area contributed by atoms with Gasteiger partial charge in [-0.3, -0.25) is 9.59 Å². The van der Waals surface area contributed by atoms with Crippen molar-refractivity contribution in [1.82, 2.24) is 4.57 Å². The number of hydrogen-bond donors (Lipinski definition) is 1. The van der Waals surface area contributed by atoms with Crippen molar-refractivity contribution in [3.8, 4) is 0 Å². The van der Waals surface area contributed by atoms with Crippen molar-refractivity contribution >= 4 is 39.9 Å². The second-order valence-corrected chi connectivity index (χ2v) is 9.13. The maximum Gasteiger partial charge on any atom is 0.254 e. The van der Waals surface area contributed by atoms with Crippen LogP contribution in [0.4, 0.5) is 11.5 Å². The van der Waals surface area contributed by atoms with Gasteiger partial charge in [0.1, 0.15) is 5.82 Å². The number of benzene rings is 3. The van der Waals surface area contributed by atoms with E-state index in [1.807, 2.05) is 85.8 Å². The Kier molecular flexibility index (Phi) is 4.82. The predicted octanol–water partition coefficient (Wildman–Crippen LogP) is 5.53. The highest BCUT2D eigenvalue weighted by atomic mass is 35.5. The van der Waals surface area contributed by atoms with Crippen molar-refractivity contribution in [3.63, 3.8) is 0 Å². The zero-order valence-electron chi connectivity index (χ0n) is 18.6. The molecule has 2 aliphatic rings. The summed E-state index contributed by atoms with van der Waals surface area (Å²) in [6.07, 6.45) is 0. The molecule has 3 heterocycles. The number of pyridine rings is 1. The van der Waals surface area contributed by atoms with Crippen molar-refractivity contribution in [2.24, 2.45) is 0 Å². The van der Waals surface area contributed by atoms with Gasteiger partial charge in [0, 0.05) is 46.4 Å². The Labute approximate surface area is 201 Å². The van der Waals surface area contributed by atoms with Crippen LogP contribution in [0.5, 0.6) is 0 Å². The van der Waals surface area contributed by atoms with Crippen LogP contribution in [0.25, 0.3) is 10.9 Å². The molecule has 0 fully saturated rings. The van der Waals surface area contributed by atoms with E-state index in [4.69, 9.17) is 11.6 Å². The van der Waals surface area contributed by atoms with E-state index in [0.717, 1.165) is 29.1 Å². The molecule has 1 atom stereocenters. The Bertz CT molecular complexity index is 1540. The van der Waals surface area contributed by atoms with Gasteiger partial charge in [0.25, 0.3) is 5.91 Å². The third kappa shape index (κ3) is 3.08. The molecule has 4 aromatic rings. The molecule has 6 heteroatoms. The van der Waals surface area contributed by atoms with Crippen LogP contribution in [-0.2, 0) is 11.3 Å². The van der Waals surface area contributed by atoms with Gasteiger partial charge < -0.3 is 14.8 Å². The number of carbonyl (C=O) groups is 1. The Balaban J connectivity index is 1.63. The van der Waals surface area contributed by atoms with Crippen LogP contribution in [0.1, 0.15) is 24.0 Å². The molecule has 1 N–H and O–H groups in total. The lowest BCUT2D eigenvalue weighted by atomic mass is 9.80. The third-order valence-electron chi connectivity index (χ3n) is 6.84. The summed E-state index contributed by atoms with van der Waals surface area (Å²) in [5.41, 5.74) is 4.55. The van der Waals surface area contributed by atoms with Gasteiger partial charge in [0.15, 0.2) is 5.43 Å². The summed E-state index contributed by atoms with van der Waals surface area (Å²) in [4.78, 5) is 29.8. The standard InChI is InChI=1S/C28H22ClN3O2/c1-17-23(27(34)30-20-7-3-2-4-8-20)24(18-11-13-19(29)14-12-18)25-26(33)21-9-5-6-10-22(21)32-16-15-31(17)28(25)32/h2-14,24H,15-16H2,1H3,(H,30,34). The minimum atomic E-state index is -0.506. The number of fused-ring (bicyclic) bond motifs is 2. The molecule has 0 saturated carbocycles. The van der Waals surface area contributed by atoms with Crippen LogP contribution in [0.15, 0.2) is 94.9 Å². The van der Waals surface area contributed by atoms with Gasteiger partial charge in [-0.15, -0.1) is 0 Å². The monoisotopic (exact) mass is 467 g/mol. The van der Waals surface area contributed by atoms with Crippen LogP contribution in [0.2, 0.25) is 5.02 Å². The number of carbonyl (C=O) groups excluding carboxylic acids is 1. The lowest BCUT2D eigenvalue weighted by Crippen LogP contribution is -2.36. The molecular weight excluding hydrogens is 446 g/mol. The fourth-order valence-corrected chi connectivity index (χ4v) is 5.45. The Hall–Kier alpha value is -3.83.